The molecule has 2 aromatic rings. The molecular weight excluding hydrogens is 354 g/mol. The van der Waals surface area contributed by atoms with Crippen LogP contribution in [0.25, 0.3) is 11.1 Å². The van der Waals surface area contributed by atoms with Crippen LogP contribution in [0.3, 0.4) is 0 Å². The van der Waals surface area contributed by atoms with Crippen molar-refractivity contribution in [1.29, 1.82) is 0 Å². The monoisotopic (exact) mass is 381 g/mol. The van der Waals surface area contributed by atoms with Gasteiger partial charge in [0.25, 0.3) is 0 Å². The third-order valence-electron chi connectivity index (χ3n) is 5.23. The van der Waals surface area contributed by atoms with E-state index >= 15 is 0 Å². The average Bonchev–Trinajstić information content (AvgIpc) is 3.04. The minimum atomic E-state index is 0.0470. The van der Waals surface area contributed by atoms with Gasteiger partial charge in [0.1, 0.15) is 11.5 Å². The molecule has 0 spiro atoms. The Morgan fingerprint density at radius 2 is 1.54 bits per heavy atom. The van der Waals surface area contributed by atoms with Crippen LogP contribution < -0.4 is 9.47 Å². The summed E-state index contributed by atoms with van der Waals surface area (Å²) >= 11 is 0. The van der Waals surface area contributed by atoms with Gasteiger partial charge in [-0.05, 0) is 25.0 Å². The van der Waals surface area contributed by atoms with Crippen molar-refractivity contribution < 1.29 is 19.0 Å². The predicted molar refractivity (Wildman–Crippen MR) is 108 cm³/mol. The third-order valence-corrected chi connectivity index (χ3v) is 5.23. The summed E-state index contributed by atoms with van der Waals surface area (Å²) in [4.78, 5) is 15.3. The Morgan fingerprint density at radius 1 is 0.929 bits per heavy atom. The first-order valence-corrected chi connectivity index (χ1v) is 10.2. The van der Waals surface area contributed by atoms with Crippen LogP contribution >= 0.6 is 0 Å². The van der Waals surface area contributed by atoms with E-state index in [1.54, 1.807) is 0 Å². The van der Waals surface area contributed by atoms with Crippen LogP contribution in [0.5, 0.6) is 11.5 Å². The smallest absolute Gasteiger partial charge is 0.194 e. The van der Waals surface area contributed by atoms with Gasteiger partial charge in [0.2, 0.25) is 0 Å². The number of hydrogen-bond acceptors (Lipinski definition) is 5. The van der Waals surface area contributed by atoms with Crippen LogP contribution in [0, 0.1) is 0 Å². The summed E-state index contributed by atoms with van der Waals surface area (Å²) < 4.78 is 17.5. The highest BCUT2D eigenvalue weighted by Crippen LogP contribution is 2.47. The predicted octanol–water partition coefficient (Wildman–Crippen LogP) is 3.79. The normalized spacial score (nSPS) is 16.0. The van der Waals surface area contributed by atoms with Gasteiger partial charge in [-0.1, -0.05) is 31.2 Å². The van der Waals surface area contributed by atoms with Crippen molar-refractivity contribution in [3.05, 3.63) is 47.5 Å². The Kier molecular flexibility index (Phi) is 5.93. The molecule has 5 nitrogen and oxygen atoms in total. The SMILES string of the molecule is CCCOc1cccc2c1-c1c(OCCCN3CCOCC3)cccc1C2=O. The van der Waals surface area contributed by atoms with E-state index in [0.29, 0.717) is 24.3 Å². The van der Waals surface area contributed by atoms with E-state index in [-0.39, 0.29) is 5.78 Å². The summed E-state index contributed by atoms with van der Waals surface area (Å²) in [5.74, 6) is 1.57. The molecule has 1 heterocycles. The van der Waals surface area contributed by atoms with Crippen LogP contribution in [0.2, 0.25) is 0 Å². The van der Waals surface area contributed by atoms with Gasteiger partial charge in [-0.15, -0.1) is 0 Å². The second-order valence-corrected chi connectivity index (χ2v) is 7.19. The summed E-state index contributed by atoms with van der Waals surface area (Å²) in [7, 11) is 0. The number of benzene rings is 2. The van der Waals surface area contributed by atoms with Gasteiger partial charge in [-0.2, -0.15) is 0 Å². The molecule has 0 bridgehead atoms. The lowest BCUT2D eigenvalue weighted by Gasteiger charge is -2.26. The van der Waals surface area contributed by atoms with Gasteiger partial charge in [0, 0.05) is 41.9 Å². The Bertz CT molecular complexity index is 842. The molecule has 0 amide bonds. The number of ether oxygens (including phenoxy) is 3. The number of nitrogens with zero attached hydrogens (tertiary/aromatic N) is 1. The highest BCUT2D eigenvalue weighted by atomic mass is 16.5. The summed E-state index contributed by atoms with van der Waals surface area (Å²) in [6.07, 6.45) is 1.86. The molecule has 5 heteroatoms. The molecule has 1 aliphatic heterocycles. The number of ketones is 1. The zero-order chi connectivity index (χ0) is 19.3. The largest absolute Gasteiger partial charge is 0.493 e. The Labute approximate surface area is 166 Å². The van der Waals surface area contributed by atoms with Crippen LogP contribution in [0.1, 0.15) is 35.7 Å². The van der Waals surface area contributed by atoms with Gasteiger partial charge in [-0.3, -0.25) is 9.69 Å². The zero-order valence-corrected chi connectivity index (χ0v) is 16.4. The molecular formula is C23H27NO4. The van der Waals surface area contributed by atoms with Gasteiger partial charge in [0.15, 0.2) is 5.78 Å². The summed E-state index contributed by atoms with van der Waals surface area (Å²) in [5, 5.41) is 0. The first kappa shape index (κ1) is 19.0. The molecule has 28 heavy (non-hydrogen) atoms. The number of carbonyl (C=O) groups excluding carboxylic acids is 1. The van der Waals surface area contributed by atoms with Crippen LogP contribution in [-0.4, -0.2) is 56.7 Å². The van der Waals surface area contributed by atoms with Crippen molar-refractivity contribution >= 4 is 5.78 Å². The van der Waals surface area contributed by atoms with E-state index in [0.717, 1.165) is 68.3 Å². The minimum Gasteiger partial charge on any atom is -0.493 e. The lowest BCUT2D eigenvalue weighted by atomic mass is 10.0. The molecule has 0 aromatic heterocycles. The molecule has 1 saturated heterocycles. The first-order valence-electron chi connectivity index (χ1n) is 10.2. The Hall–Kier alpha value is -2.37. The van der Waals surface area contributed by atoms with Crippen molar-refractivity contribution in [2.45, 2.75) is 19.8 Å². The molecule has 0 radical (unpaired) electrons. The molecule has 1 aliphatic carbocycles. The highest BCUT2D eigenvalue weighted by Gasteiger charge is 2.32. The fourth-order valence-corrected chi connectivity index (χ4v) is 3.85. The van der Waals surface area contributed by atoms with Crippen molar-refractivity contribution in [3.8, 4) is 22.6 Å². The van der Waals surface area contributed by atoms with Gasteiger partial charge in [-0.25, -0.2) is 0 Å². The second-order valence-electron chi connectivity index (χ2n) is 7.19. The molecule has 0 N–H and O–H groups in total. The quantitative estimate of drug-likeness (QED) is 0.556. The summed E-state index contributed by atoms with van der Waals surface area (Å²) in [5.41, 5.74) is 3.15. The summed E-state index contributed by atoms with van der Waals surface area (Å²) in [6.45, 7) is 7.92. The Balaban J connectivity index is 1.52. The minimum absolute atomic E-state index is 0.0470. The first-order chi connectivity index (χ1) is 13.8. The van der Waals surface area contributed by atoms with Gasteiger partial charge < -0.3 is 14.2 Å². The number of hydrogen-bond donors (Lipinski definition) is 0. The van der Waals surface area contributed by atoms with Gasteiger partial charge in [0.05, 0.1) is 26.4 Å². The molecule has 0 atom stereocenters. The molecule has 148 valence electrons. The molecule has 2 aromatic carbocycles. The number of rotatable bonds is 8. The van der Waals surface area contributed by atoms with E-state index < -0.39 is 0 Å². The average molecular weight is 381 g/mol. The maximum Gasteiger partial charge on any atom is 0.194 e. The molecule has 2 aliphatic rings. The number of morpholine rings is 1. The van der Waals surface area contributed by atoms with Crippen LogP contribution in [0.15, 0.2) is 36.4 Å². The third kappa shape index (κ3) is 3.77. The van der Waals surface area contributed by atoms with E-state index in [1.807, 2.05) is 36.4 Å². The Morgan fingerprint density at radius 3 is 2.14 bits per heavy atom. The zero-order valence-electron chi connectivity index (χ0n) is 16.4. The fraction of sp³-hybridized carbons (Fsp3) is 0.435. The summed E-state index contributed by atoms with van der Waals surface area (Å²) in [6, 6.07) is 11.4. The highest BCUT2D eigenvalue weighted by molar-refractivity contribution is 6.23. The van der Waals surface area contributed by atoms with E-state index in [1.165, 1.54) is 0 Å². The molecule has 1 fully saturated rings. The molecule has 4 rings (SSSR count). The van der Waals surface area contributed by atoms with Gasteiger partial charge >= 0.3 is 0 Å². The number of carbonyl (C=O) groups is 1. The maximum atomic E-state index is 12.9. The lowest BCUT2D eigenvalue weighted by molar-refractivity contribution is 0.0358. The maximum absolute atomic E-state index is 12.9. The van der Waals surface area contributed by atoms with Crippen LogP contribution in [0.4, 0.5) is 0 Å². The lowest BCUT2D eigenvalue weighted by Crippen LogP contribution is -2.37. The number of fused-ring (bicyclic) bond motifs is 3. The topological polar surface area (TPSA) is 48.0 Å². The van der Waals surface area contributed by atoms with E-state index in [9.17, 15) is 4.79 Å². The molecule has 0 unspecified atom stereocenters. The van der Waals surface area contributed by atoms with E-state index in [4.69, 9.17) is 14.2 Å². The van der Waals surface area contributed by atoms with E-state index in [2.05, 4.69) is 11.8 Å². The second kappa shape index (κ2) is 8.76. The fourth-order valence-electron chi connectivity index (χ4n) is 3.85. The van der Waals surface area contributed by atoms with Crippen molar-refractivity contribution in [2.24, 2.45) is 0 Å². The van der Waals surface area contributed by atoms with Crippen molar-refractivity contribution in [2.75, 3.05) is 46.1 Å². The van der Waals surface area contributed by atoms with Crippen molar-refractivity contribution in [3.63, 3.8) is 0 Å². The molecule has 0 saturated carbocycles. The standard InChI is InChI=1S/C23H27NO4/c1-2-13-27-19-8-3-6-17-21(19)22-18(23(17)25)7-4-9-20(22)28-14-5-10-24-11-15-26-16-12-24/h3-4,6-9H,2,5,10-16H2,1H3. The van der Waals surface area contributed by atoms with Crippen molar-refractivity contribution in [1.82, 2.24) is 4.90 Å². The van der Waals surface area contributed by atoms with Crippen LogP contribution in [-0.2, 0) is 4.74 Å².